The molecule has 0 rings (SSSR count). The lowest BCUT2D eigenvalue weighted by molar-refractivity contribution is -0.0896. The van der Waals surface area contributed by atoms with Gasteiger partial charge >= 0.3 is 0 Å². The summed E-state index contributed by atoms with van der Waals surface area (Å²) in [5.41, 5.74) is -0.896. The predicted molar refractivity (Wildman–Crippen MR) is 138 cm³/mol. The summed E-state index contributed by atoms with van der Waals surface area (Å²) in [5, 5.41) is 0. The Kier molecular flexibility index (Phi) is 15.7. The van der Waals surface area contributed by atoms with Crippen molar-refractivity contribution in [3.8, 4) is 0 Å². The zero-order valence-electron chi connectivity index (χ0n) is 23.3. The number of hydrogen-bond acceptors (Lipinski definition) is 9. The van der Waals surface area contributed by atoms with Gasteiger partial charge in [0.15, 0.2) is 6.29 Å². The first-order chi connectivity index (χ1) is 16.1. The minimum atomic E-state index is -4.51. The number of unbranched alkanes of at least 4 members (excludes halogenated alkanes) is 1. The molecule has 0 aliphatic rings. The number of ether oxygens (including phenoxy) is 3. The standard InChI is InChI=1S/C24H50O9S2/c1-10-14-15-22(35(27,28)33-23(7,8)11-2)34(25,26)32-21(6)31-19-17-29-16-18-30-20(5)24(9,12-3)13-4/h20-22H,10-19H2,1-9H3. The molecule has 0 heterocycles. The van der Waals surface area contributed by atoms with Crippen LogP contribution in [-0.2, 0) is 42.8 Å². The summed E-state index contributed by atoms with van der Waals surface area (Å²) >= 11 is 0. The van der Waals surface area contributed by atoms with Crippen LogP contribution >= 0.6 is 0 Å². The molecule has 0 aromatic rings. The quantitative estimate of drug-likeness (QED) is 0.111. The molecule has 0 N–H and O–H groups in total. The average molecular weight is 547 g/mol. The van der Waals surface area contributed by atoms with Crippen molar-refractivity contribution in [2.24, 2.45) is 5.41 Å². The minimum Gasteiger partial charge on any atom is -0.377 e. The van der Waals surface area contributed by atoms with Gasteiger partial charge in [-0.15, -0.1) is 0 Å². The molecule has 0 aromatic carbocycles. The second-order valence-electron chi connectivity index (χ2n) is 9.78. The van der Waals surface area contributed by atoms with Crippen LogP contribution in [0.5, 0.6) is 0 Å². The summed E-state index contributed by atoms with van der Waals surface area (Å²) < 4.78 is 76.5. The molecule has 0 radical (unpaired) electrons. The van der Waals surface area contributed by atoms with Gasteiger partial charge in [-0.1, -0.05) is 47.5 Å². The molecule has 0 amide bonds. The van der Waals surface area contributed by atoms with E-state index in [9.17, 15) is 16.8 Å². The van der Waals surface area contributed by atoms with Crippen LogP contribution in [0.3, 0.4) is 0 Å². The summed E-state index contributed by atoms with van der Waals surface area (Å²) in [5.74, 6) is 0. The Morgan fingerprint density at radius 3 is 1.77 bits per heavy atom. The summed E-state index contributed by atoms with van der Waals surface area (Å²) in [6.07, 6.45) is 2.29. The first kappa shape index (κ1) is 34.7. The van der Waals surface area contributed by atoms with Gasteiger partial charge in [-0.05, 0) is 58.8 Å². The maximum atomic E-state index is 12.8. The number of rotatable bonds is 21. The van der Waals surface area contributed by atoms with E-state index in [-0.39, 0.29) is 31.2 Å². The lowest BCUT2D eigenvalue weighted by Gasteiger charge is -2.33. The van der Waals surface area contributed by atoms with E-state index in [4.69, 9.17) is 22.6 Å². The van der Waals surface area contributed by atoms with E-state index in [1.165, 1.54) is 6.92 Å². The first-order valence-corrected chi connectivity index (χ1v) is 15.7. The van der Waals surface area contributed by atoms with Gasteiger partial charge in [-0.2, -0.15) is 16.8 Å². The van der Waals surface area contributed by atoms with Crippen LogP contribution in [0.4, 0.5) is 0 Å². The van der Waals surface area contributed by atoms with Gasteiger partial charge in [-0.25, -0.2) is 4.18 Å². The zero-order chi connectivity index (χ0) is 27.3. The lowest BCUT2D eigenvalue weighted by Crippen LogP contribution is -2.39. The third kappa shape index (κ3) is 12.7. The highest BCUT2D eigenvalue weighted by atomic mass is 32.3. The van der Waals surface area contributed by atoms with E-state index in [0.29, 0.717) is 32.5 Å². The molecule has 0 bridgehead atoms. The monoisotopic (exact) mass is 546 g/mol. The first-order valence-electron chi connectivity index (χ1n) is 12.8. The van der Waals surface area contributed by atoms with E-state index < -0.39 is 36.7 Å². The Bertz CT molecular complexity index is 775. The molecule has 35 heavy (non-hydrogen) atoms. The van der Waals surface area contributed by atoms with Crippen molar-refractivity contribution in [3.63, 3.8) is 0 Å². The highest BCUT2D eigenvalue weighted by Crippen LogP contribution is 2.31. The smallest absolute Gasteiger partial charge is 0.289 e. The third-order valence-electron chi connectivity index (χ3n) is 6.67. The topological polar surface area (TPSA) is 114 Å². The fourth-order valence-electron chi connectivity index (χ4n) is 3.19. The Labute approximate surface area is 214 Å². The van der Waals surface area contributed by atoms with Crippen LogP contribution < -0.4 is 0 Å². The molecule has 11 heteroatoms. The average Bonchev–Trinajstić information content (AvgIpc) is 2.76. The van der Waals surface area contributed by atoms with Crippen molar-refractivity contribution < 1.29 is 39.4 Å². The third-order valence-corrected chi connectivity index (χ3v) is 11.1. The highest BCUT2D eigenvalue weighted by molar-refractivity contribution is 8.04. The van der Waals surface area contributed by atoms with Crippen molar-refractivity contribution in [2.75, 3.05) is 26.4 Å². The highest BCUT2D eigenvalue weighted by Gasteiger charge is 2.43. The van der Waals surface area contributed by atoms with Crippen LogP contribution in [0.1, 0.15) is 101 Å². The van der Waals surface area contributed by atoms with Gasteiger partial charge in [0.25, 0.3) is 20.2 Å². The van der Waals surface area contributed by atoms with Crippen molar-refractivity contribution >= 4 is 20.2 Å². The Morgan fingerprint density at radius 1 is 0.743 bits per heavy atom. The minimum absolute atomic E-state index is 0.0830. The van der Waals surface area contributed by atoms with Crippen LogP contribution in [0, 0.1) is 5.41 Å². The molecule has 0 aromatic heterocycles. The van der Waals surface area contributed by atoms with Gasteiger partial charge in [-0.3, -0.25) is 4.18 Å². The van der Waals surface area contributed by atoms with E-state index in [2.05, 4.69) is 27.7 Å². The Hall–Kier alpha value is -0.300. The molecule has 3 unspecified atom stereocenters. The van der Waals surface area contributed by atoms with Gasteiger partial charge in [0.1, 0.15) is 0 Å². The second-order valence-corrected chi connectivity index (χ2v) is 13.5. The summed E-state index contributed by atoms with van der Waals surface area (Å²) in [6.45, 7) is 17.9. The fraction of sp³-hybridized carbons (Fsp3) is 1.00. The molecule has 0 fully saturated rings. The molecule has 3 atom stereocenters. The molecule has 0 aliphatic carbocycles. The van der Waals surface area contributed by atoms with Crippen molar-refractivity contribution in [3.05, 3.63) is 0 Å². The fourth-order valence-corrected chi connectivity index (χ4v) is 6.93. The van der Waals surface area contributed by atoms with E-state index in [1.807, 2.05) is 6.92 Å². The molecule has 212 valence electrons. The van der Waals surface area contributed by atoms with Gasteiger partial charge in [0.2, 0.25) is 4.58 Å². The van der Waals surface area contributed by atoms with Crippen molar-refractivity contribution in [1.82, 2.24) is 0 Å². The van der Waals surface area contributed by atoms with Crippen LogP contribution in [0.2, 0.25) is 0 Å². The second kappa shape index (κ2) is 15.8. The van der Waals surface area contributed by atoms with E-state index in [0.717, 1.165) is 12.8 Å². The lowest BCUT2D eigenvalue weighted by atomic mass is 9.80. The zero-order valence-corrected chi connectivity index (χ0v) is 24.9. The van der Waals surface area contributed by atoms with Gasteiger partial charge in [0, 0.05) is 0 Å². The maximum absolute atomic E-state index is 12.8. The van der Waals surface area contributed by atoms with E-state index >= 15 is 0 Å². The molecule has 0 spiro atoms. The van der Waals surface area contributed by atoms with Crippen molar-refractivity contribution in [1.29, 1.82) is 0 Å². The predicted octanol–water partition coefficient (Wildman–Crippen LogP) is 4.99. The van der Waals surface area contributed by atoms with Gasteiger partial charge < -0.3 is 14.2 Å². The van der Waals surface area contributed by atoms with Crippen LogP contribution in [0.15, 0.2) is 0 Å². The largest absolute Gasteiger partial charge is 0.377 e. The molecule has 0 saturated carbocycles. The SMILES string of the molecule is CCCCC(S(=O)(=O)OC(C)OCCOCCOC(C)C(C)(CC)CC)S(=O)(=O)OC(C)(C)CC. The molecule has 9 nitrogen and oxygen atoms in total. The normalized spacial score (nSPS) is 16.3. The summed E-state index contributed by atoms with van der Waals surface area (Å²) in [7, 11) is -8.94. The molecular weight excluding hydrogens is 496 g/mol. The summed E-state index contributed by atoms with van der Waals surface area (Å²) in [6, 6.07) is 0. The van der Waals surface area contributed by atoms with Crippen LogP contribution in [0.25, 0.3) is 0 Å². The number of hydrogen-bond donors (Lipinski definition) is 0. The maximum Gasteiger partial charge on any atom is 0.289 e. The molecule has 0 aliphatic heterocycles. The molecule has 0 saturated heterocycles. The van der Waals surface area contributed by atoms with Crippen LogP contribution in [-0.4, -0.2) is 65.8 Å². The van der Waals surface area contributed by atoms with Crippen molar-refractivity contribution in [2.45, 2.75) is 123 Å². The van der Waals surface area contributed by atoms with Gasteiger partial charge in [0.05, 0.1) is 38.1 Å². The molecular formula is C24H50O9S2. The summed E-state index contributed by atoms with van der Waals surface area (Å²) in [4.78, 5) is 0. The van der Waals surface area contributed by atoms with E-state index in [1.54, 1.807) is 20.8 Å². The Balaban J connectivity index is 4.71. The Morgan fingerprint density at radius 2 is 1.29 bits per heavy atom.